The molecule has 0 saturated carbocycles. The van der Waals surface area contributed by atoms with Gasteiger partial charge in [-0.2, -0.15) is 0 Å². The van der Waals surface area contributed by atoms with Crippen molar-refractivity contribution in [1.82, 2.24) is 10.3 Å². The molecule has 68 heavy (non-hydrogen) atoms. The first-order valence-electron chi connectivity index (χ1n) is 26.1. The average molecular weight is 929 g/mol. The predicted octanol–water partition coefficient (Wildman–Crippen LogP) is 15.9. The first-order valence-corrected chi connectivity index (χ1v) is 26.1. The fourth-order valence-corrected chi connectivity index (χ4v) is 8.09. The number of anilines is 3. The van der Waals surface area contributed by atoms with E-state index in [4.69, 9.17) is 9.73 Å². The molecule has 8 heteroatoms. The van der Waals surface area contributed by atoms with Crippen LogP contribution in [0, 0.1) is 25.7 Å². The van der Waals surface area contributed by atoms with Crippen molar-refractivity contribution < 1.29 is 9.53 Å². The van der Waals surface area contributed by atoms with Gasteiger partial charge in [-0.1, -0.05) is 145 Å². The van der Waals surface area contributed by atoms with Crippen LogP contribution in [-0.4, -0.2) is 42.7 Å². The Morgan fingerprint density at radius 2 is 1.62 bits per heavy atom. The van der Waals surface area contributed by atoms with Crippen molar-refractivity contribution in [2.24, 2.45) is 16.8 Å². The quantitative estimate of drug-likeness (QED) is 0.109. The van der Waals surface area contributed by atoms with Crippen LogP contribution in [0.5, 0.6) is 5.88 Å². The number of piperidine rings is 1. The lowest BCUT2D eigenvalue weighted by atomic mass is 9.83. The number of aryl methyl sites for hydroxylation is 2. The van der Waals surface area contributed by atoms with Crippen molar-refractivity contribution in [3.8, 4) is 5.88 Å². The number of benzene rings is 2. The molecule has 0 bridgehead atoms. The van der Waals surface area contributed by atoms with E-state index < -0.39 is 0 Å². The van der Waals surface area contributed by atoms with E-state index in [2.05, 4.69) is 146 Å². The highest BCUT2D eigenvalue weighted by molar-refractivity contribution is 6.01. The van der Waals surface area contributed by atoms with Crippen LogP contribution in [0.25, 0.3) is 5.57 Å². The van der Waals surface area contributed by atoms with E-state index >= 15 is 0 Å². The minimum atomic E-state index is 0.295. The number of aromatic nitrogens is 1. The number of rotatable bonds is 18. The molecule has 3 N–H and O–H groups in total. The van der Waals surface area contributed by atoms with E-state index in [0.29, 0.717) is 42.9 Å². The van der Waals surface area contributed by atoms with Crippen LogP contribution in [0.4, 0.5) is 17.1 Å². The molecule has 1 aromatic heterocycles. The van der Waals surface area contributed by atoms with Crippen LogP contribution >= 0.6 is 0 Å². The summed E-state index contributed by atoms with van der Waals surface area (Å²) in [6, 6.07) is 14.7. The van der Waals surface area contributed by atoms with Gasteiger partial charge >= 0.3 is 0 Å². The molecule has 2 saturated heterocycles. The van der Waals surface area contributed by atoms with Gasteiger partial charge in [-0.3, -0.25) is 4.79 Å². The number of carbonyl (C=O) groups excluding carboxylic acids is 1. The second kappa shape index (κ2) is 32.4. The number of Topliss-reactive ketones (excluding diaryl/α,β-unsaturated/α-hetero) is 1. The van der Waals surface area contributed by atoms with Crippen molar-refractivity contribution >= 4 is 34.1 Å². The maximum atomic E-state index is 12.1. The van der Waals surface area contributed by atoms with Crippen molar-refractivity contribution in [2.45, 2.75) is 167 Å². The highest BCUT2D eigenvalue weighted by Crippen LogP contribution is 2.37. The van der Waals surface area contributed by atoms with Crippen molar-refractivity contribution in [2.75, 3.05) is 41.8 Å². The van der Waals surface area contributed by atoms with Crippen LogP contribution in [-0.2, 0) is 17.6 Å². The molecule has 374 valence electrons. The molecular weight excluding hydrogens is 837 g/mol. The molecule has 2 aromatic carbocycles. The van der Waals surface area contributed by atoms with Crippen LogP contribution in [0.15, 0.2) is 109 Å². The van der Waals surface area contributed by atoms with Crippen LogP contribution in [0.3, 0.4) is 0 Å². The number of aliphatic imine (C=N–C) groups is 1. The van der Waals surface area contributed by atoms with Gasteiger partial charge in [0.25, 0.3) is 0 Å². The maximum Gasteiger partial charge on any atom is 0.237 e. The molecule has 3 aromatic rings. The standard InChI is InChI=1S/C31H42N4O2.C20H26N2.C4H10.C3H8.C2H6/c1-6-9-11-28(36)20-24-12-15-27(16-13-24)34-23(5)35-29(25(8-3)10-7-2)17-14-26-21-33-31-30(22(26)4)32-18-19-37-31;1-13-11-22(12-13)18-7-9-19(14(2)10-18)16(4)20-8-6-15(3)21-17(20)5;1-3-4-2;1-3-2;1-2/h8,12-13,15-16,21,32,34H,5-7,9-11,14,17-20H2,1-4H3;7,9-10,13,20-21H,3-6,8,11-12H2,1-2H3;3-4H2,1-2H3;3H2,1-2H3;1-2H3/b25-8-,35-29-;;;;. The Bertz CT molecular complexity index is 2100. The number of hydrogen-bond acceptors (Lipinski definition) is 8. The summed E-state index contributed by atoms with van der Waals surface area (Å²) in [5.41, 5.74) is 14.8. The highest BCUT2D eigenvalue weighted by Gasteiger charge is 2.26. The maximum absolute atomic E-state index is 12.1. The van der Waals surface area contributed by atoms with Gasteiger partial charge in [0, 0.05) is 73.1 Å². The zero-order valence-corrected chi connectivity index (χ0v) is 44.9. The second-order valence-electron chi connectivity index (χ2n) is 18.2. The number of carbonyl (C=O) groups is 1. The number of nitrogens with one attached hydrogen (secondary N) is 3. The molecule has 4 heterocycles. The van der Waals surface area contributed by atoms with Crippen molar-refractivity contribution in [3.63, 3.8) is 0 Å². The van der Waals surface area contributed by atoms with Gasteiger partial charge in [-0.25, -0.2) is 9.98 Å². The number of hydrogen-bond donors (Lipinski definition) is 3. The largest absolute Gasteiger partial charge is 0.474 e. The van der Waals surface area contributed by atoms with Gasteiger partial charge in [0.1, 0.15) is 23.9 Å². The Morgan fingerprint density at radius 1 is 0.941 bits per heavy atom. The Labute approximate surface area is 415 Å². The summed E-state index contributed by atoms with van der Waals surface area (Å²) < 4.78 is 5.68. The third-order valence-corrected chi connectivity index (χ3v) is 12.0. The van der Waals surface area contributed by atoms with E-state index in [1.165, 1.54) is 71.4 Å². The van der Waals surface area contributed by atoms with Crippen LogP contribution < -0.4 is 25.6 Å². The molecular formula is C60H92N6O2. The normalized spacial score (nSPS) is 15.3. The van der Waals surface area contributed by atoms with Crippen LogP contribution in [0.2, 0.25) is 0 Å². The number of pyridine rings is 1. The second-order valence-corrected chi connectivity index (χ2v) is 18.2. The van der Waals surface area contributed by atoms with Gasteiger partial charge in [0.2, 0.25) is 5.88 Å². The van der Waals surface area contributed by atoms with Gasteiger partial charge in [0.05, 0.1) is 0 Å². The predicted molar refractivity (Wildman–Crippen MR) is 298 cm³/mol. The molecule has 2 fully saturated rings. The molecule has 0 amide bonds. The molecule has 8 nitrogen and oxygen atoms in total. The van der Waals surface area contributed by atoms with Gasteiger partial charge in [0.15, 0.2) is 0 Å². The number of nitrogens with zero attached hydrogens (tertiary/aromatic N) is 3. The zero-order valence-electron chi connectivity index (χ0n) is 44.9. The summed E-state index contributed by atoms with van der Waals surface area (Å²) in [6.07, 6.45) is 16.8. The fourth-order valence-electron chi connectivity index (χ4n) is 8.09. The molecule has 0 spiro atoms. The molecule has 3 aliphatic heterocycles. The summed E-state index contributed by atoms with van der Waals surface area (Å²) >= 11 is 0. The van der Waals surface area contributed by atoms with E-state index in [9.17, 15) is 4.79 Å². The number of allylic oxidation sites excluding steroid dienone is 4. The number of ether oxygens (including phenoxy) is 1. The summed E-state index contributed by atoms with van der Waals surface area (Å²) in [4.78, 5) is 24.0. The van der Waals surface area contributed by atoms with Gasteiger partial charge < -0.3 is 25.6 Å². The SMILES string of the molecule is C=C(/N=C(CCc1cnc2c(c1C)NCCO2)\C(=C/C)CCC)Nc1ccc(CC(=O)CCCC)cc1.C=C1CCC(C(=C)c2ccc(N3CC(C)C3)cc2C)C(=C)N1.CC.CCC.CCCC. The molecule has 3 aliphatic rings. The zero-order chi connectivity index (χ0) is 50.6. The molecule has 1 unspecified atom stereocenters. The lowest BCUT2D eigenvalue weighted by Crippen LogP contribution is -2.45. The number of ketones is 1. The summed E-state index contributed by atoms with van der Waals surface area (Å²) in [5, 5.41) is 10.0. The summed E-state index contributed by atoms with van der Waals surface area (Å²) in [7, 11) is 0. The number of fused-ring (bicyclic) bond motifs is 1. The van der Waals surface area contributed by atoms with Crippen LogP contribution in [0.1, 0.15) is 168 Å². The molecule has 0 radical (unpaired) electrons. The minimum Gasteiger partial charge on any atom is -0.474 e. The van der Waals surface area contributed by atoms with Gasteiger partial charge in [-0.15, -0.1) is 0 Å². The third-order valence-electron chi connectivity index (χ3n) is 12.0. The summed E-state index contributed by atoms with van der Waals surface area (Å²) in [6.45, 7) is 46.1. The third kappa shape index (κ3) is 19.3. The molecule has 1 atom stereocenters. The Balaban J connectivity index is 0.000000431. The van der Waals surface area contributed by atoms with Crippen molar-refractivity contribution in [3.05, 3.63) is 132 Å². The lowest BCUT2D eigenvalue weighted by Gasteiger charge is -2.39. The van der Waals surface area contributed by atoms with E-state index in [1.807, 2.05) is 44.3 Å². The smallest absolute Gasteiger partial charge is 0.237 e. The average Bonchev–Trinajstić information content (AvgIpc) is 3.32. The summed E-state index contributed by atoms with van der Waals surface area (Å²) in [5.74, 6) is 2.71. The molecule has 0 aliphatic carbocycles. The molecule has 6 rings (SSSR count). The van der Waals surface area contributed by atoms with E-state index in [1.54, 1.807) is 0 Å². The number of unbranched alkanes of at least 4 members (excludes halogenated alkanes) is 2. The van der Waals surface area contributed by atoms with E-state index in [0.717, 1.165) is 97.9 Å². The Morgan fingerprint density at radius 3 is 2.19 bits per heavy atom. The lowest BCUT2D eigenvalue weighted by molar-refractivity contribution is -0.118. The highest BCUT2D eigenvalue weighted by atomic mass is 16.5. The first kappa shape index (κ1) is 58.8. The van der Waals surface area contributed by atoms with Crippen molar-refractivity contribution in [1.29, 1.82) is 0 Å². The monoisotopic (exact) mass is 929 g/mol. The minimum absolute atomic E-state index is 0.295. The van der Waals surface area contributed by atoms with Gasteiger partial charge in [-0.05, 0) is 128 Å². The van der Waals surface area contributed by atoms with E-state index in [-0.39, 0.29) is 0 Å². The Kier molecular flexibility index (Phi) is 28.0. The fraction of sp³-hybridized carbons (Fsp3) is 0.517. The first-order chi connectivity index (χ1) is 32.7. The topological polar surface area (TPSA) is 90.9 Å². The Hall–Kier alpha value is -5.37.